The molecule has 0 aliphatic carbocycles. The van der Waals surface area contributed by atoms with Crippen LogP contribution >= 0.6 is 11.6 Å². The van der Waals surface area contributed by atoms with Crippen LogP contribution in [0.3, 0.4) is 0 Å². The fourth-order valence-electron chi connectivity index (χ4n) is 4.59. The first-order valence-corrected chi connectivity index (χ1v) is 14.0. The molecular weight excluding hydrogens is 564 g/mol. The second-order valence-corrected chi connectivity index (χ2v) is 10.1. The zero-order valence-electron chi connectivity index (χ0n) is 23.5. The molecule has 1 aromatic heterocycles. The van der Waals surface area contributed by atoms with Gasteiger partial charge in [-0.05, 0) is 77.9 Å². The van der Waals surface area contributed by atoms with E-state index >= 15 is 0 Å². The molecule has 0 amide bonds. The van der Waals surface area contributed by atoms with Gasteiger partial charge in [-0.15, -0.1) is 0 Å². The fourth-order valence-corrected chi connectivity index (χ4v) is 4.85. The summed E-state index contributed by atoms with van der Waals surface area (Å²) in [6.45, 7) is 0. The monoisotopic (exact) mass is 592 g/mol. The van der Waals surface area contributed by atoms with Gasteiger partial charge < -0.3 is 30.8 Å². The smallest absolute Gasteiger partial charge is 0.233 e. The van der Waals surface area contributed by atoms with Crippen LogP contribution in [0.15, 0.2) is 102 Å². The van der Waals surface area contributed by atoms with E-state index in [-0.39, 0.29) is 6.04 Å². The van der Waals surface area contributed by atoms with Crippen LogP contribution in [-0.2, 0) is 0 Å². The normalized spacial score (nSPS) is 13.9. The predicted molar refractivity (Wildman–Crippen MR) is 171 cm³/mol. The van der Waals surface area contributed by atoms with Gasteiger partial charge in [0, 0.05) is 28.5 Å². The molecule has 11 heteroatoms. The van der Waals surface area contributed by atoms with Gasteiger partial charge in [0.15, 0.2) is 0 Å². The van der Waals surface area contributed by atoms with Gasteiger partial charge in [-0.2, -0.15) is 20.1 Å². The first kappa shape index (κ1) is 27.8. The lowest BCUT2D eigenvalue weighted by molar-refractivity contribution is 0.415. The van der Waals surface area contributed by atoms with Crippen LogP contribution in [0, 0.1) is 0 Å². The number of hydrogen-bond donors (Lipinski definition) is 4. The van der Waals surface area contributed by atoms with E-state index in [1.165, 1.54) is 0 Å². The van der Waals surface area contributed by atoms with E-state index in [0.717, 1.165) is 56.8 Å². The van der Waals surface area contributed by atoms with E-state index in [1.807, 2.05) is 97.1 Å². The molecule has 1 aliphatic rings. The number of benzene rings is 4. The number of aromatic nitrogens is 3. The standard InChI is InChI=1S/C32H29ClN8O2/c1-42-24-15-11-22(12-16-24)35-31-37-30(38-32(39-31)36-23-13-17-25(43-2)18-14-23)34-21-9-7-20(8-10-21)28-19-29(41-40-28)26-5-3-4-6-27(26)33/h3-18,29,41H,19H2,1-2H3,(H3,34,35,36,37,38,39). The molecule has 5 aromatic rings. The molecule has 43 heavy (non-hydrogen) atoms. The molecule has 1 atom stereocenters. The SMILES string of the molecule is COc1ccc(Nc2nc(Nc3ccc(OC)cc3)nc(Nc3ccc(C4=NNC(c5ccccc5Cl)C4)cc3)n2)cc1. The number of nitrogens with zero attached hydrogens (tertiary/aromatic N) is 4. The Bertz CT molecular complexity index is 1660. The summed E-state index contributed by atoms with van der Waals surface area (Å²) in [5.74, 6) is 2.62. The van der Waals surface area contributed by atoms with E-state index in [4.69, 9.17) is 21.1 Å². The van der Waals surface area contributed by atoms with Crippen molar-refractivity contribution in [3.63, 3.8) is 0 Å². The van der Waals surface area contributed by atoms with E-state index in [1.54, 1.807) is 14.2 Å². The number of ether oxygens (including phenoxy) is 2. The van der Waals surface area contributed by atoms with E-state index in [0.29, 0.717) is 17.8 Å². The summed E-state index contributed by atoms with van der Waals surface area (Å²) in [7, 11) is 3.26. The maximum absolute atomic E-state index is 6.40. The second kappa shape index (κ2) is 12.7. The minimum Gasteiger partial charge on any atom is -0.497 e. The van der Waals surface area contributed by atoms with Crippen molar-refractivity contribution in [2.75, 3.05) is 30.2 Å². The number of anilines is 6. The first-order chi connectivity index (χ1) is 21.1. The highest BCUT2D eigenvalue weighted by Crippen LogP contribution is 2.30. The number of hydrogen-bond acceptors (Lipinski definition) is 10. The Morgan fingerprint density at radius 2 is 1.12 bits per heavy atom. The third-order valence-electron chi connectivity index (χ3n) is 6.84. The molecule has 0 spiro atoms. The Hall–Kier alpha value is -5.35. The van der Waals surface area contributed by atoms with E-state index in [2.05, 4.69) is 41.4 Å². The van der Waals surface area contributed by atoms with E-state index in [9.17, 15) is 0 Å². The highest BCUT2D eigenvalue weighted by molar-refractivity contribution is 6.31. The van der Waals surface area contributed by atoms with Crippen molar-refractivity contribution in [1.29, 1.82) is 0 Å². The Labute approximate surface area is 254 Å². The minimum absolute atomic E-state index is 0.0416. The average molecular weight is 593 g/mol. The van der Waals surface area contributed by atoms with E-state index < -0.39 is 0 Å². The first-order valence-electron chi connectivity index (χ1n) is 13.6. The van der Waals surface area contributed by atoms with Crippen molar-refractivity contribution in [2.45, 2.75) is 12.5 Å². The Morgan fingerprint density at radius 3 is 1.58 bits per heavy atom. The predicted octanol–water partition coefficient (Wildman–Crippen LogP) is 7.21. The number of hydrazone groups is 1. The highest BCUT2D eigenvalue weighted by Gasteiger charge is 2.23. The van der Waals surface area contributed by atoms with Crippen molar-refractivity contribution in [2.24, 2.45) is 5.10 Å². The van der Waals surface area contributed by atoms with Gasteiger partial charge in [-0.25, -0.2) is 0 Å². The summed E-state index contributed by atoms with van der Waals surface area (Å²) >= 11 is 6.40. The van der Waals surface area contributed by atoms with Crippen molar-refractivity contribution in [3.05, 3.63) is 113 Å². The minimum atomic E-state index is 0.0416. The summed E-state index contributed by atoms with van der Waals surface area (Å²) in [5, 5.41) is 15.1. The summed E-state index contributed by atoms with van der Waals surface area (Å²) in [6.07, 6.45) is 0.741. The quantitative estimate of drug-likeness (QED) is 0.133. The third kappa shape index (κ3) is 6.77. The molecule has 2 heterocycles. The third-order valence-corrected chi connectivity index (χ3v) is 7.18. The van der Waals surface area contributed by atoms with Crippen LogP contribution in [0.1, 0.15) is 23.6 Å². The van der Waals surface area contributed by atoms with Crippen molar-refractivity contribution >= 4 is 52.2 Å². The molecule has 0 fully saturated rings. The van der Waals surface area contributed by atoms with Gasteiger partial charge in [0.1, 0.15) is 11.5 Å². The van der Waals surface area contributed by atoms with Crippen LogP contribution in [0.4, 0.5) is 34.9 Å². The molecule has 1 unspecified atom stereocenters. The van der Waals surface area contributed by atoms with Crippen LogP contribution in [0.5, 0.6) is 11.5 Å². The van der Waals surface area contributed by atoms with Crippen molar-refractivity contribution in [3.8, 4) is 11.5 Å². The van der Waals surface area contributed by atoms with Gasteiger partial charge in [0.2, 0.25) is 17.8 Å². The molecule has 1 aliphatic heterocycles. The largest absolute Gasteiger partial charge is 0.497 e. The molecular formula is C32H29ClN8O2. The molecule has 4 aromatic carbocycles. The van der Waals surface area contributed by atoms with Crippen molar-refractivity contribution < 1.29 is 9.47 Å². The summed E-state index contributed by atoms with van der Waals surface area (Å²) in [6, 6.07) is 30.9. The average Bonchev–Trinajstić information content (AvgIpc) is 3.52. The molecule has 4 N–H and O–H groups in total. The maximum Gasteiger partial charge on any atom is 0.233 e. The van der Waals surface area contributed by atoms with Gasteiger partial charge in [-0.1, -0.05) is 41.9 Å². The van der Waals surface area contributed by atoms with Crippen molar-refractivity contribution in [1.82, 2.24) is 20.4 Å². The molecule has 0 saturated heterocycles. The summed E-state index contributed by atoms with van der Waals surface area (Å²) in [5.41, 5.74) is 8.66. The van der Waals surface area contributed by atoms with Gasteiger partial charge >= 0.3 is 0 Å². The lowest BCUT2D eigenvalue weighted by Gasteiger charge is -2.13. The number of methoxy groups -OCH3 is 2. The molecule has 0 bridgehead atoms. The molecule has 0 saturated carbocycles. The highest BCUT2D eigenvalue weighted by atomic mass is 35.5. The molecule has 6 rings (SSSR count). The molecule has 10 nitrogen and oxygen atoms in total. The fraction of sp³-hybridized carbons (Fsp3) is 0.125. The maximum atomic E-state index is 6.40. The van der Waals surface area contributed by atoms with Gasteiger partial charge in [-0.3, -0.25) is 0 Å². The summed E-state index contributed by atoms with van der Waals surface area (Å²) in [4.78, 5) is 13.8. The topological polar surface area (TPSA) is 118 Å². The van der Waals surface area contributed by atoms with Crippen LogP contribution in [0.25, 0.3) is 0 Å². The lowest BCUT2D eigenvalue weighted by Crippen LogP contribution is -2.10. The van der Waals surface area contributed by atoms with Crippen LogP contribution < -0.4 is 30.8 Å². The molecule has 216 valence electrons. The Kier molecular flexibility index (Phi) is 8.19. The number of halogens is 1. The number of nitrogens with one attached hydrogen (secondary N) is 4. The Balaban J connectivity index is 1.20. The Morgan fingerprint density at radius 1 is 0.651 bits per heavy atom. The van der Waals surface area contributed by atoms with Crippen LogP contribution in [-0.4, -0.2) is 34.9 Å². The zero-order chi connectivity index (χ0) is 29.6. The molecule has 0 radical (unpaired) electrons. The zero-order valence-corrected chi connectivity index (χ0v) is 24.3. The number of rotatable bonds is 10. The lowest BCUT2D eigenvalue weighted by atomic mass is 9.99. The van der Waals surface area contributed by atoms with Crippen LogP contribution in [0.2, 0.25) is 5.02 Å². The summed E-state index contributed by atoms with van der Waals surface area (Å²) < 4.78 is 10.5. The second-order valence-electron chi connectivity index (χ2n) is 9.68. The van der Waals surface area contributed by atoms with Gasteiger partial charge in [0.25, 0.3) is 0 Å². The van der Waals surface area contributed by atoms with Gasteiger partial charge in [0.05, 0.1) is 26.0 Å².